The summed E-state index contributed by atoms with van der Waals surface area (Å²) >= 11 is 0. The van der Waals surface area contributed by atoms with E-state index in [1.165, 1.54) is 0 Å². The first kappa shape index (κ1) is 13.5. The van der Waals surface area contributed by atoms with E-state index in [-0.39, 0.29) is 5.91 Å². The molecule has 17 heavy (non-hydrogen) atoms. The molecule has 1 amide bonds. The molecule has 0 aromatic heterocycles. The van der Waals surface area contributed by atoms with Crippen LogP contribution in [0.15, 0.2) is 18.2 Å². The van der Waals surface area contributed by atoms with Crippen LogP contribution >= 0.6 is 0 Å². The molecule has 0 heterocycles. The zero-order chi connectivity index (χ0) is 12.8. The van der Waals surface area contributed by atoms with Crippen LogP contribution in [0, 0.1) is 6.92 Å². The van der Waals surface area contributed by atoms with Gasteiger partial charge in [-0.3, -0.25) is 4.79 Å². The van der Waals surface area contributed by atoms with Crippen molar-refractivity contribution in [3.05, 3.63) is 29.3 Å². The molecule has 0 atom stereocenters. The van der Waals surface area contributed by atoms with Crippen LogP contribution in [0.25, 0.3) is 0 Å². The van der Waals surface area contributed by atoms with Gasteiger partial charge in [-0.15, -0.1) is 0 Å². The monoisotopic (exact) mass is 236 g/mol. The predicted molar refractivity (Wildman–Crippen MR) is 69.0 cm³/mol. The maximum atomic E-state index is 12.1. The Bertz CT molecular complexity index is 391. The number of anilines is 1. The number of aryl methyl sites for hydroxylation is 1. The molecule has 0 fully saturated rings. The standard InChI is InChI=1S/C13H20N2O2/c1-10-5-6-11(12(14)9-10)13(16)15(2)7-4-8-17-3/h5-6,9H,4,7-8,14H2,1-3H3. The topological polar surface area (TPSA) is 55.6 Å². The van der Waals surface area contributed by atoms with Crippen molar-refractivity contribution in [3.8, 4) is 0 Å². The summed E-state index contributed by atoms with van der Waals surface area (Å²) in [5.41, 5.74) is 8.00. The Kier molecular flexibility index (Phi) is 4.97. The first-order valence-electron chi connectivity index (χ1n) is 5.66. The van der Waals surface area contributed by atoms with Crippen molar-refractivity contribution in [1.29, 1.82) is 0 Å². The molecule has 0 radical (unpaired) electrons. The van der Waals surface area contributed by atoms with Gasteiger partial charge in [-0.1, -0.05) is 6.07 Å². The van der Waals surface area contributed by atoms with E-state index in [1.54, 1.807) is 25.1 Å². The molecule has 2 N–H and O–H groups in total. The van der Waals surface area contributed by atoms with Gasteiger partial charge in [-0.2, -0.15) is 0 Å². The molecule has 1 aromatic carbocycles. The molecule has 0 saturated heterocycles. The zero-order valence-corrected chi connectivity index (χ0v) is 10.7. The van der Waals surface area contributed by atoms with Gasteiger partial charge in [0.05, 0.1) is 5.56 Å². The van der Waals surface area contributed by atoms with Crippen molar-refractivity contribution in [2.24, 2.45) is 0 Å². The molecule has 1 rings (SSSR count). The molecular formula is C13H20N2O2. The molecule has 0 spiro atoms. The quantitative estimate of drug-likeness (QED) is 0.625. The number of hydrogen-bond acceptors (Lipinski definition) is 3. The van der Waals surface area contributed by atoms with Crippen molar-refractivity contribution in [1.82, 2.24) is 4.90 Å². The number of carbonyl (C=O) groups is 1. The third-order valence-electron chi connectivity index (χ3n) is 2.63. The average Bonchev–Trinajstić information content (AvgIpc) is 2.28. The van der Waals surface area contributed by atoms with Gasteiger partial charge in [-0.25, -0.2) is 0 Å². The molecule has 4 heteroatoms. The SMILES string of the molecule is COCCCN(C)C(=O)c1ccc(C)cc1N. The number of amides is 1. The lowest BCUT2D eigenvalue weighted by Gasteiger charge is -2.18. The van der Waals surface area contributed by atoms with E-state index in [9.17, 15) is 4.79 Å². The van der Waals surface area contributed by atoms with Gasteiger partial charge in [0.25, 0.3) is 5.91 Å². The van der Waals surface area contributed by atoms with Gasteiger partial charge in [0.2, 0.25) is 0 Å². The molecule has 0 saturated carbocycles. The maximum absolute atomic E-state index is 12.1. The highest BCUT2D eigenvalue weighted by Gasteiger charge is 2.13. The fourth-order valence-corrected chi connectivity index (χ4v) is 1.63. The minimum Gasteiger partial charge on any atom is -0.398 e. The number of carbonyl (C=O) groups excluding carboxylic acids is 1. The Morgan fingerprint density at radius 3 is 2.76 bits per heavy atom. The Balaban J connectivity index is 2.68. The van der Waals surface area contributed by atoms with E-state index in [0.717, 1.165) is 12.0 Å². The minimum absolute atomic E-state index is 0.0430. The molecule has 1 aromatic rings. The fraction of sp³-hybridized carbons (Fsp3) is 0.462. The molecule has 94 valence electrons. The van der Waals surface area contributed by atoms with E-state index in [2.05, 4.69) is 0 Å². The fourth-order valence-electron chi connectivity index (χ4n) is 1.63. The van der Waals surface area contributed by atoms with Crippen LogP contribution in [0.1, 0.15) is 22.3 Å². The molecule has 0 bridgehead atoms. The lowest BCUT2D eigenvalue weighted by Crippen LogP contribution is -2.29. The van der Waals surface area contributed by atoms with Crippen LogP contribution in [0.4, 0.5) is 5.69 Å². The summed E-state index contributed by atoms with van der Waals surface area (Å²) in [7, 11) is 3.43. The van der Waals surface area contributed by atoms with E-state index in [0.29, 0.717) is 24.4 Å². The second-order valence-electron chi connectivity index (χ2n) is 4.16. The maximum Gasteiger partial charge on any atom is 0.255 e. The summed E-state index contributed by atoms with van der Waals surface area (Å²) in [6.07, 6.45) is 0.824. The summed E-state index contributed by atoms with van der Waals surface area (Å²) in [5.74, 6) is -0.0430. The first-order chi connectivity index (χ1) is 8.06. The molecule has 0 aliphatic heterocycles. The molecule has 0 aliphatic rings. The number of nitrogen functional groups attached to an aromatic ring is 1. The van der Waals surface area contributed by atoms with Gasteiger partial charge in [-0.05, 0) is 31.0 Å². The number of benzene rings is 1. The van der Waals surface area contributed by atoms with Gasteiger partial charge < -0.3 is 15.4 Å². The highest BCUT2D eigenvalue weighted by molar-refractivity contribution is 5.99. The number of rotatable bonds is 5. The first-order valence-corrected chi connectivity index (χ1v) is 5.66. The van der Waals surface area contributed by atoms with Crippen LogP contribution in [0.2, 0.25) is 0 Å². The van der Waals surface area contributed by atoms with Gasteiger partial charge >= 0.3 is 0 Å². The molecular weight excluding hydrogens is 216 g/mol. The minimum atomic E-state index is -0.0430. The second kappa shape index (κ2) is 6.25. The Morgan fingerprint density at radius 1 is 1.47 bits per heavy atom. The molecule has 0 unspecified atom stereocenters. The Morgan fingerprint density at radius 2 is 2.18 bits per heavy atom. The number of methoxy groups -OCH3 is 1. The van der Waals surface area contributed by atoms with Gasteiger partial charge in [0, 0.05) is 33.0 Å². The summed E-state index contributed by atoms with van der Waals surface area (Å²) in [6.45, 7) is 3.27. The largest absolute Gasteiger partial charge is 0.398 e. The number of ether oxygens (including phenoxy) is 1. The number of nitrogens with zero attached hydrogens (tertiary/aromatic N) is 1. The highest BCUT2D eigenvalue weighted by atomic mass is 16.5. The third kappa shape index (κ3) is 3.75. The van der Waals surface area contributed by atoms with Crippen molar-refractivity contribution in [2.75, 3.05) is 33.0 Å². The van der Waals surface area contributed by atoms with Crippen LogP contribution < -0.4 is 5.73 Å². The lowest BCUT2D eigenvalue weighted by molar-refractivity contribution is 0.0780. The van der Waals surface area contributed by atoms with Crippen LogP contribution in [0.5, 0.6) is 0 Å². The summed E-state index contributed by atoms with van der Waals surface area (Å²) in [5, 5.41) is 0. The average molecular weight is 236 g/mol. The molecule has 0 aliphatic carbocycles. The summed E-state index contributed by atoms with van der Waals surface area (Å²) in [6, 6.07) is 5.49. The normalized spacial score (nSPS) is 10.3. The zero-order valence-electron chi connectivity index (χ0n) is 10.7. The summed E-state index contributed by atoms with van der Waals surface area (Å²) < 4.78 is 4.95. The van der Waals surface area contributed by atoms with E-state index >= 15 is 0 Å². The number of hydrogen-bond donors (Lipinski definition) is 1. The Labute approximate surface area is 102 Å². The Hall–Kier alpha value is -1.55. The van der Waals surface area contributed by atoms with Crippen LogP contribution in [-0.4, -0.2) is 38.1 Å². The van der Waals surface area contributed by atoms with E-state index in [4.69, 9.17) is 10.5 Å². The smallest absolute Gasteiger partial charge is 0.255 e. The highest BCUT2D eigenvalue weighted by Crippen LogP contribution is 2.15. The predicted octanol–water partition coefficient (Wildman–Crippen LogP) is 1.69. The van der Waals surface area contributed by atoms with Gasteiger partial charge in [0.15, 0.2) is 0 Å². The molecule has 4 nitrogen and oxygen atoms in total. The van der Waals surface area contributed by atoms with Crippen molar-refractivity contribution in [2.45, 2.75) is 13.3 Å². The van der Waals surface area contributed by atoms with Crippen LogP contribution in [-0.2, 0) is 4.74 Å². The van der Waals surface area contributed by atoms with Crippen molar-refractivity contribution >= 4 is 11.6 Å². The van der Waals surface area contributed by atoms with E-state index < -0.39 is 0 Å². The number of nitrogens with two attached hydrogens (primary N) is 1. The van der Waals surface area contributed by atoms with Gasteiger partial charge in [0.1, 0.15) is 0 Å². The second-order valence-corrected chi connectivity index (χ2v) is 4.16. The van der Waals surface area contributed by atoms with E-state index in [1.807, 2.05) is 19.1 Å². The van der Waals surface area contributed by atoms with Crippen molar-refractivity contribution < 1.29 is 9.53 Å². The summed E-state index contributed by atoms with van der Waals surface area (Å²) in [4.78, 5) is 13.7. The van der Waals surface area contributed by atoms with Crippen molar-refractivity contribution in [3.63, 3.8) is 0 Å². The van der Waals surface area contributed by atoms with Crippen LogP contribution in [0.3, 0.4) is 0 Å². The lowest BCUT2D eigenvalue weighted by atomic mass is 10.1. The third-order valence-corrected chi connectivity index (χ3v) is 2.63.